The number of benzene rings is 1. The first-order valence-corrected chi connectivity index (χ1v) is 9.96. The number of rotatable bonds is 4. The van der Waals surface area contributed by atoms with Gasteiger partial charge in [0.2, 0.25) is 0 Å². The number of amides is 1. The fourth-order valence-corrected chi connectivity index (χ4v) is 3.71. The van der Waals surface area contributed by atoms with Crippen molar-refractivity contribution in [3.05, 3.63) is 29.8 Å². The smallest absolute Gasteiger partial charge is 0.410 e. The SMILES string of the molecule is CCOC(=O)[C@H]1CC(C)N(C(=O)OC(C)(C)C)CCC1c1ccc(OC)cc1. The van der Waals surface area contributed by atoms with E-state index in [1.165, 1.54) is 0 Å². The standard InChI is InChI=1S/C22H33NO5/c1-7-27-20(24)19-14-15(2)23(21(25)28-22(3,4)5)13-12-18(19)16-8-10-17(26-6)11-9-16/h8-11,15,18-19H,7,12-14H2,1-6H3/t15?,18?,19-/m0/s1. The summed E-state index contributed by atoms with van der Waals surface area (Å²) in [5, 5.41) is 0. The number of esters is 1. The van der Waals surface area contributed by atoms with E-state index in [1.54, 1.807) is 12.0 Å². The maximum Gasteiger partial charge on any atom is 0.410 e. The number of hydrogen-bond donors (Lipinski definition) is 0. The Morgan fingerprint density at radius 3 is 2.36 bits per heavy atom. The van der Waals surface area contributed by atoms with Gasteiger partial charge in [0.1, 0.15) is 11.4 Å². The summed E-state index contributed by atoms with van der Waals surface area (Å²) in [6.45, 7) is 10.2. The molecule has 2 rings (SSSR count). The molecule has 0 aliphatic carbocycles. The van der Waals surface area contributed by atoms with Crippen LogP contribution in [0.4, 0.5) is 4.79 Å². The third-order valence-corrected chi connectivity index (χ3v) is 5.06. The number of nitrogens with zero attached hydrogens (tertiary/aromatic N) is 1. The summed E-state index contributed by atoms with van der Waals surface area (Å²) in [4.78, 5) is 27.1. The van der Waals surface area contributed by atoms with Crippen LogP contribution in [0.25, 0.3) is 0 Å². The summed E-state index contributed by atoms with van der Waals surface area (Å²) in [5.41, 5.74) is 0.496. The lowest BCUT2D eigenvalue weighted by atomic mass is 9.81. The average Bonchev–Trinajstić information content (AvgIpc) is 2.79. The predicted octanol–water partition coefficient (Wildman–Crippen LogP) is 4.38. The molecule has 1 aliphatic rings. The van der Waals surface area contributed by atoms with Crippen LogP contribution in [0.15, 0.2) is 24.3 Å². The molecule has 28 heavy (non-hydrogen) atoms. The Morgan fingerprint density at radius 1 is 1.18 bits per heavy atom. The van der Waals surface area contributed by atoms with Gasteiger partial charge in [-0.3, -0.25) is 4.79 Å². The Labute approximate surface area is 168 Å². The summed E-state index contributed by atoms with van der Waals surface area (Å²) < 4.78 is 16.2. The molecule has 0 radical (unpaired) electrons. The highest BCUT2D eigenvalue weighted by Crippen LogP contribution is 2.37. The van der Waals surface area contributed by atoms with Crippen molar-refractivity contribution >= 4 is 12.1 Å². The van der Waals surface area contributed by atoms with E-state index in [-0.39, 0.29) is 29.9 Å². The minimum absolute atomic E-state index is 0.0279. The van der Waals surface area contributed by atoms with Crippen LogP contribution in [0.5, 0.6) is 5.75 Å². The summed E-state index contributed by atoms with van der Waals surface area (Å²) >= 11 is 0. The van der Waals surface area contributed by atoms with E-state index in [0.29, 0.717) is 26.0 Å². The van der Waals surface area contributed by atoms with E-state index in [4.69, 9.17) is 14.2 Å². The minimum Gasteiger partial charge on any atom is -0.497 e. The number of carbonyl (C=O) groups excluding carboxylic acids is 2. The zero-order valence-electron chi connectivity index (χ0n) is 17.9. The second-order valence-corrected chi connectivity index (χ2v) is 8.29. The third kappa shape index (κ3) is 5.63. The highest BCUT2D eigenvalue weighted by Gasteiger charge is 2.39. The molecular weight excluding hydrogens is 358 g/mol. The van der Waals surface area contributed by atoms with E-state index in [0.717, 1.165) is 11.3 Å². The Balaban J connectivity index is 2.29. The van der Waals surface area contributed by atoms with Crippen LogP contribution in [0.1, 0.15) is 58.9 Å². The van der Waals surface area contributed by atoms with Crippen LogP contribution < -0.4 is 4.74 Å². The molecule has 0 bridgehead atoms. The molecular formula is C22H33NO5. The summed E-state index contributed by atoms with van der Waals surface area (Å²) in [6, 6.07) is 7.66. The molecule has 1 amide bonds. The highest BCUT2D eigenvalue weighted by molar-refractivity contribution is 5.74. The third-order valence-electron chi connectivity index (χ3n) is 5.06. The Bertz CT molecular complexity index is 664. The number of ether oxygens (including phenoxy) is 3. The maximum atomic E-state index is 12.7. The molecule has 6 heteroatoms. The lowest BCUT2D eigenvalue weighted by Gasteiger charge is -2.30. The highest BCUT2D eigenvalue weighted by atomic mass is 16.6. The monoisotopic (exact) mass is 391 g/mol. The average molecular weight is 392 g/mol. The van der Waals surface area contributed by atoms with Gasteiger partial charge in [0.05, 0.1) is 19.6 Å². The van der Waals surface area contributed by atoms with Crippen molar-refractivity contribution < 1.29 is 23.8 Å². The van der Waals surface area contributed by atoms with Crippen LogP contribution in [-0.4, -0.2) is 48.9 Å². The molecule has 1 fully saturated rings. The number of likely N-dealkylation sites (tertiary alicyclic amines) is 1. The van der Waals surface area contributed by atoms with Gasteiger partial charge in [0.15, 0.2) is 0 Å². The van der Waals surface area contributed by atoms with Gasteiger partial charge in [0, 0.05) is 12.6 Å². The summed E-state index contributed by atoms with van der Waals surface area (Å²) in [7, 11) is 1.63. The van der Waals surface area contributed by atoms with E-state index in [9.17, 15) is 9.59 Å². The van der Waals surface area contributed by atoms with Crippen LogP contribution in [0.3, 0.4) is 0 Å². The first-order valence-electron chi connectivity index (χ1n) is 9.96. The van der Waals surface area contributed by atoms with Crippen LogP contribution >= 0.6 is 0 Å². The number of carbonyl (C=O) groups is 2. The van der Waals surface area contributed by atoms with E-state index >= 15 is 0 Å². The van der Waals surface area contributed by atoms with Gasteiger partial charge in [-0.2, -0.15) is 0 Å². The molecule has 0 N–H and O–H groups in total. The summed E-state index contributed by atoms with van der Waals surface area (Å²) in [5.74, 6) is 0.227. The van der Waals surface area contributed by atoms with E-state index in [1.807, 2.05) is 58.9 Å². The molecule has 3 atom stereocenters. The van der Waals surface area contributed by atoms with Gasteiger partial charge in [-0.05, 0) is 71.1 Å². The normalized spacial score (nSPS) is 22.9. The van der Waals surface area contributed by atoms with Crippen molar-refractivity contribution in [3.8, 4) is 5.75 Å². The molecule has 156 valence electrons. The number of hydrogen-bond acceptors (Lipinski definition) is 5. The van der Waals surface area contributed by atoms with Crippen molar-refractivity contribution in [1.29, 1.82) is 0 Å². The Morgan fingerprint density at radius 2 is 1.82 bits per heavy atom. The van der Waals surface area contributed by atoms with Crippen molar-refractivity contribution in [1.82, 2.24) is 4.90 Å². The van der Waals surface area contributed by atoms with Crippen molar-refractivity contribution in [2.75, 3.05) is 20.3 Å². The van der Waals surface area contributed by atoms with Crippen molar-refractivity contribution in [3.63, 3.8) is 0 Å². The fraction of sp³-hybridized carbons (Fsp3) is 0.636. The van der Waals surface area contributed by atoms with Gasteiger partial charge in [-0.15, -0.1) is 0 Å². The zero-order valence-corrected chi connectivity index (χ0v) is 17.9. The van der Waals surface area contributed by atoms with Gasteiger partial charge in [-0.25, -0.2) is 4.79 Å². The largest absolute Gasteiger partial charge is 0.497 e. The molecule has 0 aromatic heterocycles. The van der Waals surface area contributed by atoms with Gasteiger partial charge < -0.3 is 19.1 Å². The molecule has 2 unspecified atom stereocenters. The van der Waals surface area contributed by atoms with Crippen LogP contribution in [0.2, 0.25) is 0 Å². The molecule has 1 aromatic carbocycles. The first-order chi connectivity index (χ1) is 13.2. The zero-order chi connectivity index (χ0) is 20.9. The molecule has 1 aromatic rings. The van der Waals surface area contributed by atoms with Gasteiger partial charge in [-0.1, -0.05) is 12.1 Å². The van der Waals surface area contributed by atoms with Gasteiger partial charge in [0.25, 0.3) is 0 Å². The Kier molecular flexibility index (Phi) is 7.33. The topological polar surface area (TPSA) is 65.1 Å². The molecule has 1 aliphatic heterocycles. The quantitative estimate of drug-likeness (QED) is 0.713. The Hall–Kier alpha value is -2.24. The predicted molar refractivity (Wildman–Crippen MR) is 107 cm³/mol. The molecule has 1 saturated heterocycles. The second-order valence-electron chi connectivity index (χ2n) is 8.29. The lowest BCUT2D eigenvalue weighted by Crippen LogP contribution is -2.42. The van der Waals surface area contributed by atoms with Crippen LogP contribution in [-0.2, 0) is 14.3 Å². The molecule has 0 spiro atoms. The lowest BCUT2D eigenvalue weighted by molar-refractivity contribution is -0.149. The van der Waals surface area contributed by atoms with E-state index < -0.39 is 5.60 Å². The van der Waals surface area contributed by atoms with Crippen molar-refractivity contribution in [2.45, 2.75) is 65.0 Å². The molecule has 1 heterocycles. The van der Waals surface area contributed by atoms with Crippen molar-refractivity contribution in [2.24, 2.45) is 5.92 Å². The fourth-order valence-electron chi connectivity index (χ4n) is 3.71. The van der Waals surface area contributed by atoms with E-state index in [2.05, 4.69) is 0 Å². The number of methoxy groups -OCH3 is 1. The molecule has 6 nitrogen and oxygen atoms in total. The first kappa shape index (κ1) is 22.1. The minimum atomic E-state index is -0.557. The second kappa shape index (κ2) is 9.30. The summed E-state index contributed by atoms with van der Waals surface area (Å²) in [6.07, 6.45) is 0.867. The maximum absolute atomic E-state index is 12.7. The van der Waals surface area contributed by atoms with Gasteiger partial charge >= 0.3 is 12.1 Å². The van der Waals surface area contributed by atoms with Crippen LogP contribution in [0, 0.1) is 5.92 Å². The molecule has 0 saturated carbocycles.